The highest BCUT2D eigenvalue weighted by Crippen LogP contribution is 2.41. The van der Waals surface area contributed by atoms with Gasteiger partial charge in [0.1, 0.15) is 5.69 Å². The molecule has 0 unspecified atom stereocenters. The third kappa shape index (κ3) is 3.12. The lowest BCUT2D eigenvalue weighted by atomic mass is 9.84. The zero-order chi connectivity index (χ0) is 19.5. The first-order valence-corrected chi connectivity index (χ1v) is 7.79. The Balaban J connectivity index is 2.62. The summed E-state index contributed by atoms with van der Waals surface area (Å²) in [7, 11) is 3.47. The third-order valence-electron chi connectivity index (χ3n) is 4.20. The maximum absolute atomic E-state index is 12.3. The van der Waals surface area contributed by atoms with Gasteiger partial charge in [0, 0.05) is 6.42 Å². The molecule has 0 atom stereocenters. The van der Waals surface area contributed by atoms with Gasteiger partial charge >= 0.3 is 23.9 Å². The molecule has 9 nitrogen and oxygen atoms in total. The van der Waals surface area contributed by atoms with Crippen LogP contribution in [-0.2, 0) is 41.4 Å². The van der Waals surface area contributed by atoms with Crippen molar-refractivity contribution in [2.24, 2.45) is 5.41 Å². The van der Waals surface area contributed by atoms with Crippen LogP contribution in [0.4, 0.5) is 0 Å². The van der Waals surface area contributed by atoms with Crippen LogP contribution in [0.25, 0.3) is 0 Å². The van der Waals surface area contributed by atoms with Crippen molar-refractivity contribution in [3.8, 4) is 0 Å². The fourth-order valence-corrected chi connectivity index (χ4v) is 3.01. The van der Waals surface area contributed by atoms with Crippen LogP contribution in [0.15, 0.2) is 6.07 Å². The molecule has 0 bridgehead atoms. The molecule has 140 valence electrons. The minimum atomic E-state index is -1.65. The van der Waals surface area contributed by atoms with Crippen LogP contribution >= 0.6 is 0 Å². The van der Waals surface area contributed by atoms with E-state index in [0.29, 0.717) is 11.1 Å². The van der Waals surface area contributed by atoms with Crippen molar-refractivity contribution >= 4 is 23.9 Å². The molecule has 2 rings (SSSR count). The van der Waals surface area contributed by atoms with Gasteiger partial charge in [-0.1, -0.05) is 0 Å². The third-order valence-corrected chi connectivity index (χ3v) is 4.20. The zero-order valence-corrected chi connectivity index (χ0v) is 14.9. The van der Waals surface area contributed by atoms with Crippen molar-refractivity contribution in [1.29, 1.82) is 0 Å². The Labute approximate surface area is 149 Å². The number of aromatic nitrogens is 1. The molecule has 0 saturated carbocycles. The lowest BCUT2D eigenvalue weighted by Crippen LogP contribution is -2.42. The number of hydrogen-bond acceptors (Lipinski definition) is 9. The lowest BCUT2D eigenvalue weighted by molar-refractivity contribution is -0.168. The molecule has 0 fully saturated rings. The number of esters is 4. The molecule has 9 heteroatoms. The van der Waals surface area contributed by atoms with E-state index in [1.807, 2.05) is 0 Å². The van der Waals surface area contributed by atoms with E-state index in [1.165, 1.54) is 6.07 Å². The summed E-state index contributed by atoms with van der Waals surface area (Å²) in [6.45, 7) is 1.76. The van der Waals surface area contributed by atoms with Gasteiger partial charge in [-0.25, -0.2) is 14.6 Å². The zero-order valence-electron chi connectivity index (χ0n) is 14.9. The Morgan fingerprint density at radius 1 is 1.00 bits per heavy atom. The second-order valence-corrected chi connectivity index (χ2v) is 5.62. The second-order valence-electron chi connectivity index (χ2n) is 5.62. The van der Waals surface area contributed by atoms with Crippen LogP contribution in [0, 0.1) is 5.41 Å². The maximum atomic E-state index is 12.3. The molecule has 1 aliphatic carbocycles. The molecule has 0 aliphatic heterocycles. The number of methoxy groups -OCH3 is 3. The first kappa shape index (κ1) is 19.4. The van der Waals surface area contributed by atoms with Crippen molar-refractivity contribution in [3.05, 3.63) is 28.6 Å². The number of rotatable bonds is 5. The van der Waals surface area contributed by atoms with Crippen LogP contribution in [-0.4, -0.2) is 56.8 Å². The second kappa shape index (κ2) is 7.51. The molecule has 0 radical (unpaired) electrons. The van der Waals surface area contributed by atoms with E-state index >= 15 is 0 Å². The summed E-state index contributed by atoms with van der Waals surface area (Å²) in [5.74, 6) is -3.12. The molecule has 0 aromatic carbocycles. The van der Waals surface area contributed by atoms with E-state index in [4.69, 9.17) is 18.9 Å². The van der Waals surface area contributed by atoms with Gasteiger partial charge in [0.2, 0.25) is 0 Å². The van der Waals surface area contributed by atoms with E-state index in [1.54, 1.807) is 6.92 Å². The van der Waals surface area contributed by atoms with E-state index < -0.39 is 29.3 Å². The van der Waals surface area contributed by atoms with E-state index in [0.717, 1.165) is 21.3 Å². The van der Waals surface area contributed by atoms with Crippen molar-refractivity contribution in [2.75, 3.05) is 27.9 Å². The normalized spacial score (nSPS) is 14.2. The summed E-state index contributed by atoms with van der Waals surface area (Å²) in [6, 6.07) is 1.40. The SMILES string of the molecule is CCOC(=O)c1cc2c(c(C(=O)OC)n1)CC(C(=O)OC)(C(=O)OC)C2. The predicted molar refractivity (Wildman–Crippen MR) is 85.4 cm³/mol. The highest BCUT2D eigenvalue weighted by atomic mass is 16.5. The molecule has 1 aliphatic rings. The van der Waals surface area contributed by atoms with Crippen LogP contribution in [0.3, 0.4) is 0 Å². The van der Waals surface area contributed by atoms with Gasteiger partial charge in [0.25, 0.3) is 0 Å². The number of pyridine rings is 1. The molecular weight excluding hydrogens is 346 g/mol. The van der Waals surface area contributed by atoms with Crippen LogP contribution in [0.2, 0.25) is 0 Å². The monoisotopic (exact) mass is 365 g/mol. The number of carbonyl (C=O) groups is 4. The summed E-state index contributed by atoms with van der Waals surface area (Å²) >= 11 is 0. The number of hydrogen-bond donors (Lipinski definition) is 0. The Morgan fingerprint density at radius 2 is 1.62 bits per heavy atom. The summed E-state index contributed by atoms with van der Waals surface area (Å²) in [4.78, 5) is 52.8. The van der Waals surface area contributed by atoms with Gasteiger partial charge in [0.15, 0.2) is 11.1 Å². The lowest BCUT2D eigenvalue weighted by Gasteiger charge is -2.22. The standard InChI is InChI=1S/C17H19NO8/c1-5-26-13(19)11-6-9-7-17(15(21)24-3,16(22)25-4)8-10(9)12(18-11)14(20)23-2/h6H,5,7-8H2,1-4H3. The molecule has 0 amide bonds. The summed E-state index contributed by atoms with van der Waals surface area (Å²) in [5.41, 5.74) is -1.15. The van der Waals surface area contributed by atoms with Crippen LogP contribution < -0.4 is 0 Å². The van der Waals surface area contributed by atoms with Gasteiger partial charge in [-0.15, -0.1) is 0 Å². The Bertz CT molecular complexity index is 754. The first-order chi connectivity index (χ1) is 12.3. The fourth-order valence-electron chi connectivity index (χ4n) is 3.01. The fraction of sp³-hybridized carbons (Fsp3) is 0.471. The van der Waals surface area contributed by atoms with E-state index in [-0.39, 0.29) is 30.8 Å². The number of nitrogens with zero attached hydrogens (tertiary/aromatic N) is 1. The predicted octanol–water partition coefficient (Wildman–Crippen LogP) is 0.476. The van der Waals surface area contributed by atoms with Crippen molar-refractivity contribution in [1.82, 2.24) is 4.98 Å². The highest BCUT2D eigenvalue weighted by molar-refractivity contribution is 6.03. The number of ether oxygens (including phenoxy) is 4. The molecule has 26 heavy (non-hydrogen) atoms. The summed E-state index contributed by atoms with van der Waals surface area (Å²) < 4.78 is 19.2. The molecule has 1 heterocycles. The van der Waals surface area contributed by atoms with Gasteiger partial charge in [-0.2, -0.15) is 0 Å². The van der Waals surface area contributed by atoms with Crippen LogP contribution in [0.1, 0.15) is 39.0 Å². The molecule has 0 saturated heterocycles. The van der Waals surface area contributed by atoms with Crippen molar-refractivity contribution in [2.45, 2.75) is 19.8 Å². The van der Waals surface area contributed by atoms with Crippen molar-refractivity contribution < 1.29 is 38.1 Å². The largest absolute Gasteiger partial charge is 0.468 e. The average molecular weight is 365 g/mol. The number of carbonyl (C=O) groups excluding carboxylic acids is 4. The minimum absolute atomic E-state index is 0.0966. The number of fused-ring (bicyclic) bond motifs is 1. The van der Waals surface area contributed by atoms with E-state index in [9.17, 15) is 19.2 Å². The Hall–Kier alpha value is -2.97. The molecular formula is C17H19NO8. The molecule has 1 aromatic rings. The smallest absolute Gasteiger partial charge is 0.356 e. The minimum Gasteiger partial charge on any atom is -0.468 e. The quantitative estimate of drug-likeness (QED) is 0.417. The van der Waals surface area contributed by atoms with Gasteiger partial charge in [-0.05, 0) is 30.5 Å². The topological polar surface area (TPSA) is 118 Å². The molecule has 0 spiro atoms. The summed E-state index contributed by atoms with van der Waals surface area (Å²) in [5, 5.41) is 0. The maximum Gasteiger partial charge on any atom is 0.356 e. The first-order valence-electron chi connectivity index (χ1n) is 7.79. The average Bonchev–Trinajstić information content (AvgIpc) is 3.06. The van der Waals surface area contributed by atoms with Gasteiger partial charge < -0.3 is 18.9 Å². The molecule has 0 N–H and O–H groups in total. The highest BCUT2D eigenvalue weighted by Gasteiger charge is 2.54. The van der Waals surface area contributed by atoms with Crippen LogP contribution in [0.5, 0.6) is 0 Å². The van der Waals surface area contributed by atoms with Gasteiger partial charge in [-0.3, -0.25) is 9.59 Å². The Morgan fingerprint density at radius 3 is 2.12 bits per heavy atom. The van der Waals surface area contributed by atoms with Crippen molar-refractivity contribution in [3.63, 3.8) is 0 Å². The summed E-state index contributed by atoms with van der Waals surface area (Å²) in [6.07, 6.45) is -0.247. The van der Waals surface area contributed by atoms with E-state index in [2.05, 4.69) is 4.98 Å². The molecule has 1 aromatic heterocycles. The Kier molecular flexibility index (Phi) is 5.59. The van der Waals surface area contributed by atoms with Gasteiger partial charge in [0.05, 0.1) is 27.9 Å².